The van der Waals surface area contributed by atoms with Gasteiger partial charge in [-0.15, -0.1) is 0 Å². The molecule has 1 unspecified atom stereocenters. The average Bonchev–Trinajstić information content (AvgIpc) is 2.69. The molecule has 1 saturated heterocycles. The van der Waals surface area contributed by atoms with Gasteiger partial charge < -0.3 is 10.2 Å². The molecule has 0 aliphatic carbocycles. The Balaban J connectivity index is 2.53. The third kappa shape index (κ3) is 3.46. The number of hydrogen-bond donors (Lipinski definition) is 1. The van der Waals surface area contributed by atoms with Crippen LogP contribution in [-0.4, -0.2) is 37.6 Å². The first-order chi connectivity index (χ1) is 7.67. The van der Waals surface area contributed by atoms with Gasteiger partial charge >= 0.3 is 0 Å². The Hall–Kier alpha value is -0.0800. The fourth-order valence-electron chi connectivity index (χ4n) is 3.32. The fraction of sp³-hybridized carbons (Fsp3) is 1.00. The summed E-state index contributed by atoms with van der Waals surface area (Å²) < 4.78 is 0. The summed E-state index contributed by atoms with van der Waals surface area (Å²) in [5.74, 6) is 0. The van der Waals surface area contributed by atoms with Crippen LogP contribution >= 0.6 is 0 Å². The zero-order chi connectivity index (χ0) is 12.0. The molecule has 96 valence electrons. The summed E-state index contributed by atoms with van der Waals surface area (Å²) in [7, 11) is 2.31. The molecule has 1 heterocycles. The molecule has 0 spiro atoms. The lowest BCUT2D eigenvalue weighted by Crippen LogP contribution is -2.42. The third-order valence-corrected chi connectivity index (χ3v) is 4.26. The summed E-state index contributed by atoms with van der Waals surface area (Å²) in [5, 5.41) is 3.55. The molecule has 1 aliphatic rings. The van der Waals surface area contributed by atoms with Gasteiger partial charge in [0.05, 0.1) is 0 Å². The SMILES string of the molecule is CCCC1(CN(C)C(CC)CC)CCNC1. The number of hydrogen-bond acceptors (Lipinski definition) is 2. The maximum absolute atomic E-state index is 3.55. The van der Waals surface area contributed by atoms with Crippen LogP contribution in [-0.2, 0) is 0 Å². The van der Waals surface area contributed by atoms with Crippen molar-refractivity contribution >= 4 is 0 Å². The summed E-state index contributed by atoms with van der Waals surface area (Å²) in [6, 6.07) is 0.773. The molecule has 1 rings (SSSR count). The van der Waals surface area contributed by atoms with E-state index in [0.717, 1.165) is 6.04 Å². The molecule has 0 radical (unpaired) electrons. The van der Waals surface area contributed by atoms with Gasteiger partial charge in [-0.25, -0.2) is 0 Å². The highest BCUT2D eigenvalue weighted by Gasteiger charge is 2.34. The van der Waals surface area contributed by atoms with Crippen LogP contribution in [0.1, 0.15) is 52.9 Å². The molecule has 2 heteroatoms. The van der Waals surface area contributed by atoms with Crippen LogP contribution in [0, 0.1) is 5.41 Å². The average molecular weight is 226 g/mol. The molecule has 0 aromatic heterocycles. The molecule has 1 fully saturated rings. The van der Waals surface area contributed by atoms with E-state index in [1.807, 2.05) is 0 Å². The second-order valence-electron chi connectivity index (χ2n) is 5.56. The van der Waals surface area contributed by atoms with Crippen molar-refractivity contribution < 1.29 is 0 Å². The van der Waals surface area contributed by atoms with Gasteiger partial charge in [-0.1, -0.05) is 27.2 Å². The molecule has 0 amide bonds. The lowest BCUT2D eigenvalue weighted by Gasteiger charge is -2.36. The zero-order valence-electron chi connectivity index (χ0n) is 11.7. The Morgan fingerprint density at radius 3 is 2.38 bits per heavy atom. The largest absolute Gasteiger partial charge is 0.316 e. The topological polar surface area (TPSA) is 15.3 Å². The fourth-order valence-corrected chi connectivity index (χ4v) is 3.32. The predicted molar refractivity (Wildman–Crippen MR) is 71.8 cm³/mol. The summed E-state index contributed by atoms with van der Waals surface area (Å²) in [6.45, 7) is 10.7. The first-order valence-electron chi connectivity index (χ1n) is 7.08. The first-order valence-corrected chi connectivity index (χ1v) is 7.08. The highest BCUT2D eigenvalue weighted by molar-refractivity contribution is 4.90. The minimum absolute atomic E-state index is 0.562. The van der Waals surface area contributed by atoms with E-state index in [1.54, 1.807) is 0 Å². The van der Waals surface area contributed by atoms with Gasteiger partial charge in [0.15, 0.2) is 0 Å². The standard InChI is InChI=1S/C14H30N2/c1-5-8-14(9-10-15-11-14)12-16(4)13(6-2)7-3/h13,15H,5-12H2,1-4H3. The molecule has 1 aliphatic heterocycles. The Kier molecular flexibility index (Phi) is 5.77. The first kappa shape index (κ1) is 14.0. The minimum atomic E-state index is 0.562. The van der Waals surface area contributed by atoms with Gasteiger partial charge in [0.1, 0.15) is 0 Å². The number of rotatable bonds is 7. The highest BCUT2D eigenvalue weighted by atomic mass is 15.1. The van der Waals surface area contributed by atoms with Crippen LogP contribution in [0.15, 0.2) is 0 Å². The van der Waals surface area contributed by atoms with Crippen molar-refractivity contribution in [2.75, 3.05) is 26.7 Å². The summed E-state index contributed by atoms with van der Waals surface area (Å²) in [6.07, 6.45) is 6.62. The lowest BCUT2D eigenvalue weighted by atomic mass is 9.81. The van der Waals surface area contributed by atoms with E-state index in [1.165, 1.54) is 51.7 Å². The second kappa shape index (κ2) is 6.61. The third-order valence-electron chi connectivity index (χ3n) is 4.26. The van der Waals surface area contributed by atoms with Crippen LogP contribution in [0.5, 0.6) is 0 Å². The molecule has 16 heavy (non-hydrogen) atoms. The van der Waals surface area contributed by atoms with E-state index < -0.39 is 0 Å². The van der Waals surface area contributed by atoms with E-state index in [9.17, 15) is 0 Å². The maximum Gasteiger partial charge on any atom is 0.00872 e. The monoisotopic (exact) mass is 226 g/mol. The van der Waals surface area contributed by atoms with E-state index in [4.69, 9.17) is 0 Å². The lowest BCUT2D eigenvalue weighted by molar-refractivity contribution is 0.132. The van der Waals surface area contributed by atoms with Gasteiger partial charge in [0.2, 0.25) is 0 Å². The molecule has 1 atom stereocenters. The Morgan fingerprint density at radius 1 is 1.25 bits per heavy atom. The van der Waals surface area contributed by atoms with Crippen LogP contribution in [0.3, 0.4) is 0 Å². The molecule has 0 saturated carbocycles. The predicted octanol–water partition coefficient (Wildman–Crippen LogP) is 2.89. The normalized spacial score (nSPS) is 25.9. The molecule has 0 bridgehead atoms. The van der Waals surface area contributed by atoms with Crippen molar-refractivity contribution in [1.82, 2.24) is 10.2 Å². The second-order valence-corrected chi connectivity index (χ2v) is 5.56. The van der Waals surface area contributed by atoms with Crippen molar-refractivity contribution in [1.29, 1.82) is 0 Å². The minimum Gasteiger partial charge on any atom is -0.316 e. The maximum atomic E-state index is 3.55. The number of nitrogens with one attached hydrogen (secondary N) is 1. The Labute approximate surface area is 102 Å². The van der Waals surface area contributed by atoms with Crippen LogP contribution in [0.25, 0.3) is 0 Å². The molecule has 1 N–H and O–H groups in total. The molecular formula is C14H30N2. The van der Waals surface area contributed by atoms with Gasteiger partial charge in [-0.05, 0) is 44.7 Å². The van der Waals surface area contributed by atoms with E-state index in [2.05, 4.69) is 38.0 Å². The van der Waals surface area contributed by atoms with Gasteiger partial charge in [0, 0.05) is 19.1 Å². The highest BCUT2D eigenvalue weighted by Crippen LogP contribution is 2.32. The van der Waals surface area contributed by atoms with E-state index >= 15 is 0 Å². The van der Waals surface area contributed by atoms with Crippen molar-refractivity contribution in [3.05, 3.63) is 0 Å². The van der Waals surface area contributed by atoms with E-state index in [-0.39, 0.29) is 0 Å². The van der Waals surface area contributed by atoms with E-state index in [0.29, 0.717) is 5.41 Å². The summed E-state index contributed by atoms with van der Waals surface area (Å²) in [4.78, 5) is 2.60. The van der Waals surface area contributed by atoms with Crippen LogP contribution < -0.4 is 5.32 Å². The van der Waals surface area contributed by atoms with Crippen molar-refractivity contribution in [2.24, 2.45) is 5.41 Å². The zero-order valence-corrected chi connectivity index (χ0v) is 11.7. The summed E-state index contributed by atoms with van der Waals surface area (Å²) >= 11 is 0. The van der Waals surface area contributed by atoms with Crippen LogP contribution in [0.4, 0.5) is 0 Å². The smallest absolute Gasteiger partial charge is 0.00872 e. The Bertz CT molecular complexity index is 181. The van der Waals surface area contributed by atoms with Gasteiger partial charge in [-0.3, -0.25) is 0 Å². The van der Waals surface area contributed by atoms with Crippen molar-refractivity contribution in [2.45, 2.75) is 58.9 Å². The van der Waals surface area contributed by atoms with Crippen LogP contribution in [0.2, 0.25) is 0 Å². The quantitative estimate of drug-likeness (QED) is 0.718. The van der Waals surface area contributed by atoms with Gasteiger partial charge in [0.25, 0.3) is 0 Å². The molecule has 2 nitrogen and oxygen atoms in total. The molecule has 0 aromatic rings. The van der Waals surface area contributed by atoms with Crippen molar-refractivity contribution in [3.63, 3.8) is 0 Å². The van der Waals surface area contributed by atoms with Gasteiger partial charge in [-0.2, -0.15) is 0 Å². The summed E-state index contributed by atoms with van der Waals surface area (Å²) in [5.41, 5.74) is 0.562. The molecule has 0 aromatic carbocycles. The molecular weight excluding hydrogens is 196 g/mol. The van der Waals surface area contributed by atoms with Crippen molar-refractivity contribution in [3.8, 4) is 0 Å². The number of nitrogens with zero attached hydrogens (tertiary/aromatic N) is 1. The Morgan fingerprint density at radius 2 is 1.94 bits per heavy atom.